The van der Waals surface area contributed by atoms with Gasteiger partial charge in [0.15, 0.2) is 0 Å². The van der Waals surface area contributed by atoms with Crippen LogP contribution in [0.25, 0.3) is 0 Å². The lowest BCUT2D eigenvalue weighted by Gasteiger charge is -2.46. The van der Waals surface area contributed by atoms with Crippen LogP contribution in [0.4, 0.5) is 0 Å². The second kappa shape index (κ2) is 6.44. The monoisotopic (exact) mass is 324 g/mol. The number of benzene rings is 1. The van der Waals surface area contributed by atoms with Crippen molar-refractivity contribution in [2.45, 2.75) is 18.6 Å². The van der Waals surface area contributed by atoms with Gasteiger partial charge in [-0.05, 0) is 31.7 Å². The fraction of sp³-hybridized carbons (Fsp3) is 0.562. The van der Waals surface area contributed by atoms with Crippen LogP contribution in [-0.2, 0) is 4.74 Å². The van der Waals surface area contributed by atoms with Gasteiger partial charge in [-0.15, -0.1) is 0 Å². The summed E-state index contributed by atoms with van der Waals surface area (Å²) >= 11 is 6.06. The Morgan fingerprint density at radius 2 is 2.23 bits per heavy atom. The van der Waals surface area contributed by atoms with Crippen LogP contribution in [0, 0.1) is 0 Å². The molecule has 2 aliphatic rings. The first-order chi connectivity index (χ1) is 10.6. The van der Waals surface area contributed by atoms with Crippen molar-refractivity contribution in [3.8, 4) is 5.75 Å². The molecule has 2 atom stereocenters. The number of nitrogens with zero attached hydrogens (tertiary/aromatic N) is 2. The van der Waals surface area contributed by atoms with E-state index in [1.54, 1.807) is 25.3 Å². The first-order valence-electron chi connectivity index (χ1n) is 7.55. The number of fused-ring (bicyclic) bond motifs is 1. The van der Waals surface area contributed by atoms with Crippen LogP contribution in [0.15, 0.2) is 18.2 Å². The molecule has 1 aromatic carbocycles. The number of methoxy groups -OCH3 is 1. The fourth-order valence-electron chi connectivity index (χ4n) is 3.28. The maximum absolute atomic E-state index is 13.0. The van der Waals surface area contributed by atoms with Crippen LogP contribution in [0.2, 0.25) is 5.02 Å². The number of likely N-dealkylation sites (N-methyl/N-ethyl adjacent to an activating group) is 1. The molecule has 0 saturated carbocycles. The Morgan fingerprint density at radius 1 is 1.41 bits per heavy atom. The minimum absolute atomic E-state index is 0.0343. The van der Waals surface area contributed by atoms with Crippen molar-refractivity contribution in [3.63, 3.8) is 0 Å². The van der Waals surface area contributed by atoms with Gasteiger partial charge in [0.1, 0.15) is 5.75 Å². The summed E-state index contributed by atoms with van der Waals surface area (Å²) in [5.41, 5.74) is 0.517. The molecule has 0 N–H and O–H groups in total. The first-order valence-corrected chi connectivity index (χ1v) is 7.92. The van der Waals surface area contributed by atoms with Crippen LogP contribution >= 0.6 is 11.6 Å². The lowest BCUT2D eigenvalue weighted by atomic mass is 9.98. The summed E-state index contributed by atoms with van der Waals surface area (Å²) in [4.78, 5) is 17.2. The number of ether oxygens (including phenoxy) is 2. The number of amides is 1. The Kier molecular flexibility index (Phi) is 4.57. The number of morpholine rings is 1. The summed E-state index contributed by atoms with van der Waals surface area (Å²) in [5, 5.41) is 0.537. The number of carbonyl (C=O) groups excluding carboxylic acids is 1. The van der Waals surface area contributed by atoms with Gasteiger partial charge in [0.25, 0.3) is 5.91 Å². The van der Waals surface area contributed by atoms with Crippen LogP contribution in [0.3, 0.4) is 0 Å². The maximum atomic E-state index is 13.0. The van der Waals surface area contributed by atoms with Gasteiger partial charge in [-0.1, -0.05) is 11.6 Å². The maximum Gasteiger partial charge on any atom is 0.258 e. The Labute approximate surface area is 135 Å². The predicted octanol–water partition coefficient (Wildman–Crippen LogP) is 1.89. The van der Waals surface area contributed by atoms with E-state index in [9.17, 15) is 4.79 Å². The fourth-order valence-corrected chi connectivity index (χ4v) is 3.46. The molecular formula is C16H21ClN2O3. The van der Waals surface area contributed by atoms with E-state index in [2.05, 4.69) is 11.9 Å². The SMILES string of the molecule is COc1ccc(Cl)cc1C(=O)N1CCOC2CCN(C)CC21. The van der Waals surface area contributed by atoms with Gasteiger partial charge < -0.3 is 19.3 Å². The minimum Gasteiger partial charge on any atom is -0.496 e. The van der Waals surface area contributed by atoms with Crippen molar-refractivity contribution in [3.05, 3.63) is 28.8 Å². The molecule has 0 aliphatic carbocycles. The second-order valence-corrected chi connectivity index (χ2v) is 6.31. The summed E-state index contributed by atoms with van der Waals surface area (Å²) in [6.07, 6.45) is 1.08. The average molecular weight is 325 g/mol. The van der Waals surface area contributed by atoms with E-state index in [0.29, 0.717) is 29.5 Å². The molecule has 0 bridgehead atoms. The Bertz CT molecular complexity index is 566. The lowest BCUT2D eigenvalue weighted by molar-refractivity contribution is -0.0870. The van der Waals surface area contributed by atoms with Gasteiger partial charge in [0.2, 0.25) is 0 Å². The largest absolute Gasteiger partial charge is 0.496 e. The zero-order valence-electron chi connectivity index (χ0n) is 12.9. The highest BCUT2D eigenvalue weighted by atomic mass is 35.5. The average Bonchev–Trinajstić information content (AvgIpc) is 2.53. The van der Waals surface area contributed by atoms with Crippen molar-refractivity contribution in [2.24, 2.45) is 0 Å². The molecule has 22 heavy (non-hydrogen) atoms. The van der Waals surface area contributed by atoms with E-state index in [0.717, 1.165) is 19.5 Å². The molecule has 6 heteroatoms. The van der Waals surface area contributed by atoms with E-state index < -0.39 is 0 Å². The number of hydrogen-bond donors (Lipinski definition) is 0. The molecule has 0 aromatic heterocycles. The third kappa shape index (κ3) is 2.93. The zero-order valence-corrected chi connectivity index (χ0v) is 13.7. The van der Waals surface area contributed by atoms with E-state index in [1.807, 2.05) is 4.90 Å². The third-order valence-corrected chi connectivity index (χ3v) is 4.68. The number of hydrogen-bond acceptors (Lipinski definition) is 4. The molecule has 1 aromatic rings. The zero-order chi connectivity index (χ0) is 15.7. The predicted molar refractivity (Wildman–Crippen MR) is 84.7 cm³/mol. The number of piperidine rings is 1. The number of likely N-dealkylation sites (tertiary alicyclic amines) is 1. The van der Waals surface area contributed by atoms with Crippen LogP contribution in [0.5, 0.6) is 5.75 Å². The molecule has 1 amide bonds. The van der Waals surface area contributed by atoms with Gasteiger partial charge in [0, 0.05) is 24.7 Å². The number of carbonyl (C=O) groups is 1. The van der Waals surface area contributed by atoms with Crippen LogP contribution in [-0.4, -0.2) is 68.3 Å². The topological polar surface area (TPSA) is 42.0 Å². The molecular weight excluding hydrogens is 304 g/mol. The van der Waals surface area contributed by atoms with E-state index in [4.69, 9.17) is 21.1 Å². The summed E-state index contributed by atoms with van der Waals surface area (Å²) < 4.78 is 11.2. The van der Waals surface area contributed by atoms with Crippen molar-refractivity contribution in [1.29, 1.82) is 0 Å². The minimum atomic E-state index is -0.0343. The molecule has 2 heterocycles. The molecule has 5 nitrogen and oxygen atoms in total. The smallest absolute Gasteiger partial charge is 0.258 e. The Hall–Kier alpha value is -1.30. The molecule has 0 radical (unpaired) electrons. The molecule has 0 spiro atoms. The molecule has 2 saturated heterocycles. The summed E-state index contributed by atoms with van der Waals surface area (Å²) in [7, 11) is 3.64. The highest BCUT2D eigenvalue weighted by Gasteiger charge is 2.39. The van der Waals surface area contributed by atoms with Gasteiger partial charge in [-0.3, -0.25) is 4.79 Å². The van der Waals surface area contributed by atoms with Crippen molar-refractivity contribution < 1.29 is 14.3 Å². The highest BCUT2D eigenvalue weighted by Crippen LogP contribution is 2.28. The third-order valence-electron chi connectivity index (χ3n) is 4.44. The standard InChI is InChI=1S/C16H21ClN2O3/c1-18-6-5-15-13(10-18)19(7-8-22-15)16(20)12-9-11(17)3-4-14(12)21-2/h3-4,9,13,15H,5-8,10H2,1-2H3. The van der Waals surface area contributed by atoms with Crippen molar-refractivity contribution in [2.75, 3.05) is 40.4 Å². The lowest BCUT2D eigenvalue weighted by Crippen LogP contribution is -2.60. The molecule has 120 valence electrons. The van der Waals surface area contributed by atoms with Crippen molar-refractivity contribution in [1.82, 2.24) is 9.80 Å². The molecule has 2 unspecified atom stereocenters. The molecule has 3 rings (SSSR count). The highest BCUT2D eigenvalue weighted by molar-refractivity contribution is 6.31. The number of halogens is 1. The van der Waals surface area contributed by atoms with E-state index in [1.165, 1.54) is 0 Å². The van der Waals surface area contributed by atoms with Crippen LogP contribution in [0.1, 0.15) is 16.8 Å². The van der Waals surface area contributed by atoms with Gasteiger partial charge in [-0.25, -0.2) is 0 Å². The Balaban J connectivity index is 1.88. The molecule has 2 fully saturated rings. The van der Waals surface area contributed by atoms with Gasteiger partial charge in [0.05, 0.1) is 31.4 Å². The quantitative estimate of drug-likeness (QED) is 0.833. The number of rotatable bonds is 2. The summed E-state index contributed by atoms with van der Waals surface area (Å²) in [6, 6.07) is 5.23. The first kappa shape index (κ1) is 15.6. The Morgan fingerprint density at radius 3 is 3.00 bits per heavy atom. The molecule has 2 aliphatic heterocycles. The van der Waals surface area contributed by atoms with Gasteiger partial charge >= 0.3 is 0 Å². The van der Waals surface area contributed by atoms with Crippen molar-refractivity contribution >= 4 is 17.5 Å². The summed E-state index contributed by atoms with van der Waals surface area (Å²) in [6.45, 7) is 3.02. The van der Waals surface area contributed by atoms with Gasteiger partial charge in [-0.2, -0.15) is 0 Å². The normalized spacial score (nSPS) is 25.7. The van der Waals surface area contributed by atoms with E-state index in [-0.39, 0.29) is 18.1 Å². The second-order valence-electron chi connectivity index (χ2n) is 5.87. The van der Waals surface area contributed by atoms with Crippen LogP contribution < -0.4 is 4.74 Å². The summed E-state index contributed by atoms with van der Waals surface area (Å²) in [5.74, 6) is 0.523. The van der Waals surface area contributed by atoms with E-state index >= 15 is 0 Å².